The number of aromatic carboxylic acids is 1. The zero-order valence-corrected chi connectivity index (χ0v) is 7.92. The van der Waals surface area contributed by atoms with E-state index in [0.29, 0.717) is 0 Å². The zero-order valence-electron chi connectivity index (χ0n) is 7.92. The van der Waals surface area contributed by atoms with Crippen molar-refractivity contribution >= 4 is 5.97 Å². The van der Waals surface area contributed by atoms with Crippen LogP contribution < -0.4 is 0 Å². The van der Waals surface area contributed by atoms with Crippen LogP contribution in [0.2, 0.25) is 0 Å². The maximum atomic E-state index is 12.3. The second-order valence-electron chi connectivity index (χ2n) is 3.19. The number of carboxylic acid groups (broad SMARTS) is 1. The summed E-state index contributed by atoms with van der Waals surface area (Å²) >= 11 is 0. The predicted molar refractivity (Wildman–Crippen MR) is 42.6 cm³/mol. The van der Waals surface area contributed by atoms with Crippen LogP contribution in [0.4, 0.5) is 13.2 Å². The highest BCUT2D eigenvalue weighted by Gasteiger charge is 2.41. The summed E-state index contributed by atoms with van der Waals surface area (Å²) in [6, 6.07) is 0. The number of carboxylic acids is 1. The Balaban J connectivity index is 3.30. The van der Waals surface area contributed by atoms with Crippen molar-refractivity contribution in [1.82, 2.24) is 4.98 Å². The molecule has 0 aliphatic rings. The van der Waals surface area contributed by atoms with Gasteiger partial charge in [0, 0.05) is 5.92 Å². The minimum atomic E-state index is -4.82. The van der Waals surface area contributed by atoms with E-state index in [-0.39, 0.29) is 5.89 Å². The third kappa shape index (κ3) is 2.28. The molecule has 0 aliphatic heterocycles. The van der Waals surface area contributed by atoms with Gasteiger partial charge in [0.2, 0.25) is 5.76 Å². The molecule has 0 atom stereocenters. The minimum absolute atomic E-state index is 0.236. The van der Waals surface area contributed by atoms with E-state index in [1.165, 1.54) is 0 Å². The van der Waals surface area contributed by atoms with E-state index in [9.17, 15) is 18.0 Å². The molecule has 4 nitrogen and oxygen atoms in total. The Bertz CT molecular complexity index is 381. The number of nitrogens with zero attached hydrogens (tertiary/aromatic N) is 1. The van der Waals surface area contributed by atoms with Gasteiger partial charge >= 0.3 is 12.1 Å². The van der Waals surface area contributed by atoms with E-state index in [2.05, 4.69) is 9.40 Å². The summed E-state index contributed by atoms with van der Waals surface area (Å²) in [5.74, 6) is -3.58. The number of carbonyl (C=O) groups is 1. The van der Waals surface area contributed by atoms with Crippen LogP contribution >= 0.6 is 0 Å². The average molecular weight is 223 g/mol. The van der Waals surface area contributed by atoms with Crippen LogP contribution in [0.15, 0.2) is 4.42 Å². The van der Waals surface area contributed by atoms with Crippen LogP contribution in [0.1, 0.15) is 41.9 Å². The van der Waals surface area contributed by atoms with Gasteiger partial charge in [-0.3, -0.25) is 0 Å². The molecular formula is C8H8F3NO3. The third-order valence-electron chi connectivity index (χ3n) is 1.60. The highest BCUT2D eigenvalue weighted by atomic mass is 19.4. The Kier molecular flexibility index (Phi) is 2.74. The number of oxazole rings is 1. The number of hydrogen-bond donors (Lipinski definition) is 1. The molecule has 0 saturated carbocycles. The van der Waals surface area contributed by atoms with Crippen LogP contribution in [0.3, 0.4) is 0 Å². The first kappa shape index (κ1) is 11.5. The molecule has 84 valence electrons. The second-order valence-corrected chi connectivity index (χ2v) is 3.19. The lowest BCUT2D eigenvalue weighted by Gasteiger charge is -2.00. The fourth-order valence-electron chi connectivity index (χ4n) is 0.921. The Hall–Kier alpha value is -1.53. The lowest BCUT2D eigenvalue weighted by Crippen LogP contribution is -2.11. The molecule has 15 heavy (non-hydrogen) atoms. The van der Waals surface area contributed by atoms with Crippen molar-refractivity contribution in [3.05, 3.63) is 17.3 Å². The predicted octanol–water partition coefficient (Wildman–Crippen LogP) is 2.52. The molecule has 0 unspecified atom stereocenters. The monoisotopic (exact) mass is 223 g/mol. The van der Waals surface area contributed by atoms with E-state index in [4.69, 9.17) is 5.11 Å². The minimum Gasteiger partial charge on any atom is -0.475 e. The Morgan fingerprint density at radius 2 is 2.00 bits per heavy atom. The molecule has 1 heterocycles. The van der Waals surface area contributed by atoms with Crippen molar-refractivity contribution in [2.45, 2.75) is 25.9 Å². The molecule has 0 bridgehead atoms. The summed E-state index contributed by atoms with van der Waals surface area (Å²) < 4.78 is 41.4. The van der Waals surface area contributed by atoms with Crippen LogP contribution in [-0.4, -0.2) is 16.1 Å². The lowest BCUT2D eigenvalue weighted by atomic mass is 10.2. The number of aromatic nitrogens is 1. The molecule has 1 aromatic rings. The van der Waals surface area contributed by atoms with Gasteiger partial charge in [-0.25, -0.2) is 9.78 Å². The Labute approximate surface area is 82.7 Å². The van der Waals surface area contributed by atoms with Gasteiger partial charge in [-0.1, -0.05) is 13.8 Å². The molecule has 1 rings (SSSR count). The van der Waals surface area contributed by atoms with E-state index < -0.39 is 29.5 Å². The van der Waals surface area contributed by atoms with Crippen molar-refractivity contribution in [1.29, 1.82) is 0 Å². The normalized spacial score (nSPS) is 12.1. The quantitative estimate of drug-likeness (QED) is 0.836. The topological polar surface area (TPSA) is 63.3 Å². The number of rotatable bonds is 2. The molecule has 1 N–H and O–H groups in total. The van der Waals surface area contributed by atoms with Crippen molar-refractivity contribution < 1.29 is 27.5 Å². The highest BCUT2D eigenvalue weighted by Crippen LogP contribution is 2.33. The molecule has 0 fully saturated rings. The zero-order chi connectivity index (χ0) is 11.8. The first-order chi connectivity index (χ1) is 6.73. The smallest absolute Gasteiger partial charge is 0.437 e. The van der Waals surface area contributed by atoms with E-state index in [1.54, 1.807) is 13.8 Å². The number of halogens is 3. The molecule has 1 aromatic heterocycles. The third-order valence-corrected chi connectivity index (χ3v) is 1.60. The van der Waals surface area contributed by atoms with Gasteiger partial charge in [0.1, 0.15) is 0 Å². The van der Waals surface area contributed by atoms with Gasteiger partial charge < -0.3 is 9.52 Å². The Morgan fingerprint density at radius 3 is 2.27 bits per heavy atom. The van der Waals surface area contributed by atoms with Gasteiger partial charge in [0.25, 0.3) is 0 Å². The molecule has 0 saturated heterocycles. The van der Waals surface area contributed by atoms with Gasteiger partial charge in [-0.15, -0.1) is 0 Å². The van der Waals surface area contributed by atoms with E-state index in [1.807, 2.05) is 0 Å². The summed E-state index contributed by atoms with van der Waals surface area (Å²) in [5.41, 5.74) is -1.49. The van der Waals surface area contributed by atoms with Gasteiger partial charge in [0.05, 0.1) is 0 Å². The fraction of sp³-hybridized carbons (Fsp3) is 0.500. The number of hydrogen-bond acceptors (Lipinski definition) is 3. The van der Waals surface area contributed by atoms with Gasteiger partial charge in [-0.2, -0.15) is 13.2 Å². The standard InChI is InChI=1S/C8H8F3NO3/c1-3(2)6-12-5(8(9,10)11)4(15-6)7(13)14/h3H,1-2H3,(H,13,14). The highest BCUT2D eigenvalue weighted by molar-refractivity contribution is 5.85. The first-order valence-electron chi connectivity index (χ1n) is 4.04. The van der Waals surface area contributed by atoms with Gasteiger partial charge in [-0.05, 0) is 0 Å². The second kappa shape index (κ2) is 3.56. The molecule has 0 aliphatic carbocycles. The molecule has 0 amide bonds. The van der Waals surface area contributed by atoms with E-state index >= 15 is 0 Å². The fourth-order valence-corrected chi connectivity index (χ4v) is 0.921. The summed E-state index contributed by atoms with van der Waals surface area (Å²) in [6.45, 7) is 3.11. The maximum Gasteiger partial charge on any atom is 0.437 e. The van der Waals surface area contributed by atoms with Crippen molar-refractivity contribution in [3.63, 3.8) is 0 Å². The molecular weight excluding hydrogens is 215 g/mol. The maximum absolute atomic E-state index is 12.3. The molecule has 7 heteroatoms. The molecule has 0 aromatic carbocycles. The van der Waals surface area contributed by atoms with Crippen LogP contribution in [0.25, 0.3) is 0 Å². The van der Waals surface area contributed by atoms with Crippen molar-refractivity contribution in [3.8, 4) is 0 Å². The lowest BCUT2D eigenvalue weighted by molar-refractivity contribution is -0.141. The van der Waals surface area contributed by atoms with Crippen LogP contribution in [0.5, 0.6) is 0 Å². The molecule has 0 spiro atoms. The van der Waals surface area contributed by atoms with Crippen LogP contribution in [0, 0.1) is 0 Å². The van der Waals surface area contributed by atoms with Crippen molar-refractivity contribution in [2.75, 3.05) is 0 Å². The van der Waals surface area contributed by atoms with Crippen LogP contribution in [-0.2, 0) is 6.18 Å². The summed E-state index contributed by atoms with van der Waals surface area (Å²) in [5, 5.41) is 8.49. The SMILES string of the molecule is CC(C)c1nc(C(F)(F)F)c(C(=O)O)o1. The largest absolute Gasteiger partial charge is 0.475 e. The summed E-state index contributed by atoms with van der Waals surface area (Å²) in [4.78, 5) is 13.6. The van der Waals surface area contributed by atoms with E-state index in [0.717, 1.165) is 0 Å². The molecule has 0 radical (unpaired) electrons. The Morgan fingerprint density at radius 1 is 1.47 bits per heavy atom. The number of alkyl halides is 3. The van der Waals surface area contributed by atoms with Gasteiger partial charge in [0.15, 0.2) is 11.6 Å². The van der Waals surface area contributed by atoms with Crippen molar-refractivity contribution in [2.24, 2.45) is 0 Å². The summed E-state index contributed by atoms with van der Waals surface area (Å²) in [6.07, 6.45) is -4.82. The summed E-state index contributed by atoms with van der Waals surface area (Å²) in [7, 11) is 0. The first-order valence-corrected chi connectivity index (χ1v) is 4.04. The average Bonchev–Trinajstić information content (AvgIpc) is 2.45.